The molecular weight excluding hydrogens is 301 g/mol. The Hall–Kier alpha value is -0.940. The summed E-state index contributed by atoms with van der Waals surface area (Å²) in [5.41, 5.74) is 0.0705. The van der Waals surface area contributed by atoms with Crippen LogP contribution in [-0.2, 0) is 0 Å². The molecule has 18 heavy (non-hydrogen) atoms. The van der Waals surface area contributed by atoms with Crippen LogP contribution in [0.15, 0.2) is 22.7 Å². The van der Waals surface area contributed by atoms with Gasteiger partial charge in [-0.1, -0.05) is 13.0 Å². The van der Waals surface area contributed by atoms with E-state index in [9.17, 15) is 14.3 Å². The van der Waals surface area contributed by atoms with Gasteiger partial charge in [-0.05, 0) is 40.4 Å². The van der Waals surface area contributed by atoms with E-state index in [1.54, 1.807) is 17.0 Å². The zero-order valence-electron chi connectivity index (χ0n) is 10.1. The van der Waals surface area contributed by atoms with Gasteiger partial charge < -0.3 is 10.0 Å². The van der Waals surface area contributed by atoms with Crippen molar-refractivity contribution in [3.8, 4) is 0 Å². The molecule has 1 aromatic rings. The lowest BCUT2D eigenvalue weighted by atomic mass is 9.96. The minimum atomic E-state index is -0.520. The quantitative estimate of drug-likeness (QED) is 0.864. The fourth-order valence-electron chi connectivity index (χ4n) is 2.18. The summed E-state index contributed by atoms with van der Waals surface area (Å²) in [4.78, 5) is 13.9. The average molecular weight is 316 g/mol. The molecule has 1 aliphatic heterocycles. The largest absolute Gasteiger partial charge is 0.393 e. The normalized spacial score (nSPS) is 24.1. The summed E-state index contributed by atoms with van der Waals surface area (Å²) in [6.07, 6.45) is 0.164. The Morgan fingerprint density at radius 3 is 2.89 bits per heavy atom. The molecule has 0 bridgehead atoms. The van der Waals surface area contributed by atoms with Crippen LogP contribution in [0.3, 0.4) is 0 Å². The molecular formula is C13H15BrFNO2. The Kier molecular flexibility index (Phi) is 4.02. The zero-order valence-corrected chi connectivity index (χ0v) is 11.7. The minimum Gasteiger partial charge on any atom is -0.393 e. The summed E-state index contributed by atoms with van der Waals surface area (Å²) in [7, 11) is 0. The molecule has 2 unspecified atom stereocenters. The molecule has 0 radical (unpaired) electrons. The van der Waals surface area contributed by atoms with Gasteiger partial charge in [0.15, 0.2) is 0 Å². The van der Waals surface area contributed by atoms with E-state index in [4.69, 9.17) is 0 Å². The Labute approximate surface area is 114 Å². The van der Waals surface area contributed by atoms with Crippen molar-refractivity contribution in [2.75, 3.05) is 13.1 Å². The average Bonchev–Trinajstić information content (AvgIpc) is 2.32. The third kappa shape index (κ3) is 2.57. The van der Waals surface area contributed by atoms with E-state index in [1.807, 2.05) is 6.92 Å². The van der Waals surface area contributed by atoms with Crippen molar-refractivity contribution >= 4 is 21.8 Å². The molecule has 1 heterocycles. The topological polar surface area (TPSA) is 40.5 Å². The van der Waals surface area contributed by atoms with Crippen LogP contribution in [-0.4, -0.2) is 35.1 Å². The molecule has 1 saturated heterocycles. The first-order chi connectivity index (χ1) is 8.50. The zero-order chi connectivity index (χ0) is 13.3. The van der Waals surface area contributed by atoms with Crippen molar-refractivity contribution in [1.29, 1.82) is 0 Å². The number of benzene rings is 1. The number of amides is 1. The first kappa shape index (κ1) is 13.5. The molecule has 1 aromatic carbocycles. The van der Waals surface area contributed by atoms with Gasteiger partial charge in [0.05, 0.1) is 11.7 Å². The summed E-state index contributed by atoms with van der Waals surface area (Å²) >= 11 is 3.20. The lowest BCUT2D eigenvalue weighted by molar-refractivity contribution is 0.0294. The van der Waals surface area contributed by atoms with E-state index in [1.165, 1.54) is 6.07 Å². The number of piperidine rings is 1. The second kappa shape index (κ2) is 5.36. The number of carbonyl (C=O) groups excluding carboxylic acids is 1. The van der Waals surface area contributed by atoms with Gasteiger partial charge in [0.2, 0.25) is 0 Å². The molecule has 98 valence electrons. The first-order valence-electron chi connectivity index (χ1n) is 5.92. The van der Waals surface area contributed by atoms with Crippen LogP contribution in [0.4, 0.5) is 4.39 Å². The SMILES string of the molecule is CC1CN(C(=O)c2c(F)cccc2Br)CCC1O. The van der Waals surface area contributed by atoms with E-state index in [0.717, 1.165) is 0 Å². The molecule has 0 saturated carbocycles. The number of likely N-dealkylation sites (tertiary alicyclic amines) is 1. The minimum absolute atomic E-state index is 0.0215. The van der Waals surface area contributed by atoms with Crippen molar-refractivity contribution in [2.45, 2.75) is 19.4 Å². The number of aliphatic hydroxyl groups excluding tert-OH is 1. The first-order valence-corrected chi connectivity index (χ1v) is 6.71. The number of halogens is 2. The summed E-state index contributed by atoms with van der Waals surface area (Å²) in [6, 6.07) is 4.48. The molecule has 1 amide bonds. The van der Waals surface area contributed by atoms with E-state index in [0.29, 0.717) is 24.0 Å². The van der Waals surface area contributed by atoms with E-state index in [-0.39, 0.29) is 23.5 Å². The Morgan fingerprint density at radius 1 is 1.56 bits per heavy atom. The highest BCUT2D eigenvalue weighted by molar-refractivity contribution is 9.10. The second-order valence-corrected chi connectivity index (χ2v) is 5.54. The Bertz CT molecular complexity index is 446. The molecule has 2 atom stereocenters. The lowest BCUT2D eigenvalue weighted by Crippen LogP contribution is -2.45. The molecule has 1 N–H and O–H groups in total. The highest BCUT2D eigenvalue weighted by Crippen LogP contribution is 2.24. The number of nitrogens with zero attached hydrogens (tertiary/aromatic N) is 1. The summed E-state index contributed by atoms with van der Waals surface area (Å²) < 4.78 is 14.2. The lowest BCUT2D eigenvalue weighted by Gasteiger charge is -2.34. The van der Waals surface area contributed by atoms with E-state index < -0.39 is 5.82 Å². The van der Waals surface area contributed by atoms with Gasteiger partial charge in [0, 0.05) is 17.6 Å². The molecule has 1 aliphatic rings. The fraction of sp³-hybridized carbons (Fsp3) is 0.462. The van der Waals surface area contributed by atoms with Gasteiger partial charge in [-0.3, -0.25) is 4.79 Å². The smallest absolute Gasteiger partial charge is 0.257 e. The summed E-state index contributed by atoms with van der Waals surface area (Å²) in [5.74, 6) is -0.819. The van der Waals surface area contributed by atoms with Gasteiger partial charge in [0.1, 0.15) is 5.82 Å². The molecule has 5 heteroatoms. The van der Waals surface area contributed by atoms with Crippen molar-refractivity contribution in [2.24, 2.45) is 5.92 Å². The van der Waals surface area contributed by atoms with Gasteiger partial charge in [-0.15, -0.1) is 0 Å². The summed E-state index contributed by atoms with van der Waals surface area (Å²) in [5, 5.41) is 9.64. The van der Waals surface area contributed by atoms with Crippen LogP contribution < -0.4 is 0 Å². The van der Waals surface area contributed by atoms with Gasteiger partial charge in [-0.2, -0.15) is 0 Å². The monoisotopic (exact) mass is 315 g/mol. The van der Waals surface area contributed by atoms with E-state index in [2.05, 4.69) is 15.9 Å². The van der Waals surface area contributed by atoms with Crippen molar-refractivity contribution in [3.63, 3.8) is 0 Å². The van der Waals surface area contributed by atoms with Gasteiger partial charge >= 0.3 is 0 Å². The van der Waals surface area contributed by atoms with Crippen LogP contribution in [0.2, 0.25) is 0 Å². The Balaban J connectivity index is 2.22. The maximum absolute atomic E-state index is 13.7. The summed E-state index contributed by atoms with van der Waals surface area (Å²) in [6.45, 7) is 2.81. The van der Waals surface area contributed by atoms with Crippen molar-refractivity contribution in [1.82, 2.24) is 4.90 Å². The highest BCUT2D eigenvalue weighted by Gasteiger charge is 2.29. The fourth-order valence-corrected chi connectivity index (χ4v) is 2.69. The highest BCUT2D eigenvalue weighted by atomic mass is 79.9. The molecule has 0 aromatic heterocycles. The predicted molar refractivity (Wildman–Crippen MR) is 69.8 cm³/mol. The van der Waals surface area contributed by atoms with Crippen LogP contribution in [0.25, 0.3) is 0 Å². The van der Waals surface area contributed by atoms with Crippen molar-refractivity contribution in [3.05, 3.63) is 34.1 Å². The number of hydrogen-bond donors (Lipinski definition) is 1. The van der Waals surface area contributed by atoms with E-state index >= 15 is 0 Å². The molecule has 0 aliphatic carbocycles. The number of rotatable bonds is 1. The molecule has 1 fully saturated rings. The Morgan fingerprint density at radius 2 is 2.28 bits per heavy atom. The van der Waals surface area contributed by atoms with Crippen LogP contribution in [0.5, 0.6) is 0 Å². The third-order valence-electron chi connectivity index (χ3n) is 3.32. The maximum Gasteiger partial charge on any atom is 0.257 e. The van der Waals surface area contributed by atoms with Crippen LogP contribution >= 0.6 is 15.9 Å². The maximum atomic E-state index is 13.7. The predicted octanol–water partition coefficient (Wildman–Crippen LogP) is 2.43. The number of aliphatic hydroxyl groups is 1. The second-order valence-electron chi connectivity index (χ2n) is 4.68. The van der Waals surface area contributed by atoms with Crippen molar-refractivity contribution < 1.29 is 14.3 Å². The third-order valence-corrected chi connectivity index (χ3v) is 3.98. The standard InChI is InChI=1S/C13H15BrFNO2/c1-8-7-16(6-5-11(8)17)13(18)12-9(14)3-2-4-10(12)15/h2-4,8,11,17H,5-7H2,1H3. The van der Waals surface area contributed by atoms with Crippen LogP contribution in [0.1, 0.15) is 23.7 Å². The van der Waals surface area contributed by atoms with Crippen LogP contribution in [0, 0.1) is 11.7 Å². The molecule has 3 nitrogen and oxygen atoms in total. The molecule has 2 rings (SSSR count). The number of hydrogen-bond acceptors (Lipinski definition) is 2. The molecule has 0 spiro atoms. The van der Waals surface area contributed by atoms with Gasteiger partial charge in [0.25, 0.3) is 5.91 Å². The number of carbonyl (C=O) groups is 1. The van der Waals surface area contributed by atoms with Gasteiger partial charge in [-0.25, -0.2) is 4.39 Å².